The largest absolute Gasteiger partial charge is 0.488 e. The Balaban J connectivity index is 2.82. The van der Waals surface area contributed by atoms with E-state index in [0.717, 1.165) is 44.9 Å². The number of ether oxygens (including phenoxy) is 2. The van der Waals surface area contributed by atoms with Gasteiger partial charge in [0.1, 0.15) is 18.0 Å². The summed E-state index contributed by atoms with van der Waals surface area (Å²) >= 11 is 0. The molecule has 0 radical (unpaired) electrons. The molecule has 0 aliphatic rings. The molecule has 0 saturated heterocycles. The number of carbonyl (C=O) groups excluding carboxylic acids is 1. The number of unbranched alkanes of at least 4 members (excludes halogenated alkanes) is 5. The summed E-state index contributed by atoms with van der Waals surface area (Å²) in [5.41, 5.74) is -0.0771. The van der Waals surface area contributed by atoms with Gasteiger partial charge in [-0.1, -0.05) is 65.7 Å². The summed E-state index contributed by atoms with van der Waals surface area (Å²) in [6.45, 7) is 10.1. The number of benzene rings is 1. The molecular weight excluding hydrogens is 394 g/mol. The van der Waals surface area contributed by atoms with Crippen molar-refractivity contribution in [2.24, 2.45) is 5.92 Å². The van der Waals surface area contributed by atoms with Gasteiger partial charge in [0.2, 0.25) is 0 Å². The molecule has 0 amide bonds. The second kappa shape index (κ2) is 14.0. The van der Waals surface area contributed by atoms with E-state index in [0.29, 0.717) is 11.3 Å². The van der Waals surface area contributed by atoms with Crippen LogP contribution in [-0.4, -0.2) is 16.5 Å². The lowest BCUT2D eigenvalue weighted by atomic mass is 9.95. The van der Waals surface area contributed by atoms with Gasteiger partial charge in [0.15, 0.2) is 0 Å². The number of nitrogens with zero attached hydrogens (tertiary/aromatic N) is 1. The quantitative estimate of drug-likeness (QED) is 0.117. The van der Waals surface area contributed by atoms with Crippen molar-refractivity contribution in [1.29, 1.82) is 0 Å². The lowest BCUT2D eigenvalue weighted by Gasteiger charge is -2.25. The highest BCUT2D eigenvalue weighted by Gasteiger charge is 2.23. The molecule has 0 aliphatic carbocycles. The fourth-order valence-electron chi connectivity index (χ4n) is 3.40. The van der Waals surface area contributed by atoms with Gasteiger partial charge in [-0.15, -0.1) is 0 Å². The molecule has 1 aromatic rings. The molecule has 1 unspecified atom stereocenters. The summed E-state index contributed by atoms with van der Waals surface area (Å²) in [5, 5.41) is 11.4. The zero-order chi connectivity index (χ0) is 23.3. The highest BCUT2D eigenvalue weighted by atomic mass is 16.6. The molecule has 6 heteroatoms. The third kappa shape index (κ3) is 10.2. The van der Waals surface area contributed by atoms with Crippen LogP contribution in [0.25, 0.3) is 0 Å². The Labute approximate surface area is 187 Å². The van der Waals surface area contributed by atoms with Crippen LogP contribution in [0.2, 0.25) is 0 Å². The van der Waals surface area contributed by atoms with E-state index in [1.165, 1.54) is 25.3 Å². The summed E-state index contributed by atoms with van der Waals surface area (Å²) < 4.78 is 11.5. The normalized spacial score (nSPS) is 12.4. The predicted molar refractivity (Wildman–Crippen MR) is 124 cm³/mol. The average Bonchev–Trinajstić information content (AvgIpc) is 2.73. The number of hydrogen-bond acceptors (Lipinski definition) is 5. The van der Waals surface area contributed by atoms with Crippen LogP contribution in [0.4, 0.5) is 5.69 Å². The first-order valence-electron chi connectivity index (χ1n) is 11.9. The Kier molecular flexibility index (Phi) is 12.2. The highest BCUT2D eigenvalue weighted by Crippen LogP contribution is 2.29. The molecule has 0 N–H and O–H groups in total. The van der Waals surface area contributed by atoms with Crippen molar-refractivity contribution in [2.45, 2.75) is 111 Å². The van der Waals surface area contributed by atoms with Crippen molar-refractivity contribution in [3.63, 3.8) is 0 Å². The molecule has 6 nitrogen and oxygen atoms in total. The fourth-order valence-corrected chi connectivity index (χ4v) is 3.40. The fraction of sp³-hybridized carbons (Fsp3) is 0.720. The second-order valence-electron chi connectivity index (χ2n) is 8.91. The van der Waals surface area contributed by atoms with E-state index >= 15 is 0 Å². The molecular formula is C25H41NO5. The topological polar surface area (TPSA) is 78.7 Å². The summed E-state index contributed by atoms with van der Waals surface area (Å²) in [4.78, 5) is 23.8. The molecule has 1 atom stereocenters. The Morgan fingerprint density at radius 2 is 1.68 bits per heavy atom. The third-order valence-corrected chi connectivity index (χ3v) is 5.76. The number of carbonyl (C=O) groups is 1. The molecule has 0 aliphatic heterocycles. The minimum atomic E-state index is -0.444. The van der Waals surface area contributed by atoms with Crippen molar-refractivity contribution in [3.8, 4) is 5.75 Å². The zero-order valence-corrected chi connectivity index (χ0v) is 20.1. The maximum absolute atomic E-state index is 12.8. The van der Waals surface area contributed by atoms with Crippen molar-refractivity contribution in [1.82, 2.24) is 0 Å². The molecule has 1 rings (SSSR count). The van der Waals surface area contributed by atoms with Crippen molar-refractivity contribution in [3.05, 3.63) is 33.9 Å². The van der Waals surface area contributed by atoms with Gasteiger partial charge in [-0.3, -0.25) is 14.9 Å². The Bertz CT molecular complexity index is 686. The van der Waals surface area contributed by atoms with E-state index in [2.05, 4.69) is 13.8 Å². The molecule has 176 valence electrons. The van der Waals surface area contributed by atoms with E-state index in [9.17, 15) is 14.9 Å². The van der Waals surface area contributed by atoms with Gasteiger partial charge < -0.3 is 9.47 Å². The molecule has 0 heterocycles. The van der Waals surface area contributed by atoms with E-state index < -0.39 is 4.92 Å². The number of hydrogen-bond donors (Lipinski definition) is 0. The zero-order valence-electron chi connectivity index (χ0n) is 20.1. The second-order valence-corrected chi connectivity index (χ2v) is 8.91. The minimum absolute atomic E-state index is 0.0564. The third-order valence-electron chi connectivity index (χ3n) is 5.76. The van der Waals surface area contributed by atoms with Gasteiger partial charge in [-0.05, 0) is 45.2 Å². The monoisotopic (exact) mass is 435 g/mol. The van der Waals surface area contributed by atoms with E-state index in [4.69, 9.17) is 9.47 Å². The van der Waals surface area contributed by atoms with Crippen molar-refractivity contribution in [2.75, 3.05) is 0 Å². The van der Waals surface area contributed by atoms with Crippen LogP contribution in [0.15, 0.2) is 18.2 Å². The first kappa shape index (κ1) is 26.9. The van der Waals surface area contributed by atoms with Gasteiger partial charge in [0.05, 0.1) is 16.4 Å². The number of nitro benzene ring substituents is 1. The van der Waals surface area contributed by atoms with Gasteiger partial charge in [0, 0.05) is 6.07 Å². The van der Waals surface area contributed by atoms with E-state index in [1.807, 2.05) is 20.8 Å². The predicted octanol–water partition coefficient (Wildman–Crippen LogP) is 7.37. The first-order chi connectivity index (χ1) is 14.7. The van der Waals surface area contributed by atoms with Gasteiger partial charge in [0.25, 0.3) is 5.69 Å². The summed E-state index contributed by atoms with van der Waals surface area (Å²) in [5.74, 6) is 0.152. The van der Waals surface area contributed by atoms with E-state index in [1.54, 1.807) is 12.1 Å². The molecule has 0 bridgehead atoms. The SMILES string of the molecule is CCCCCCCC(CCCC)C(=O)OCc1cc(OC(C)(C)CC)ccc1[N+](=O)[O-]. The summed E-state index contributed by atoms with van der Waals surface area (Å²) in [6, 6.07) is 4.64. The van der Waals surface area contributed by atoms with Crippen LogP contribution in [0, 0.1) is 16.0 Å². The molecule has 0 spiro atoms. The number of esters is 1. The smallest absolute Gasteiger partial charge is 0.309 e. The molecule has 1 aromatic carbocycles. The molecule has 0 saturated carbocycles. The standard InChI is InChI=1S/C25H41NO5/c1-6-9-11-12-13-15-20(14-10-7-2)24(27)30-19-21-18-22(31-25(4,5)8-3)16-17-23(21)26(28)29/h16-18,20H,6-15,19H2,1-5H3. The van der Waals surface area contributed by atoms with Crippen molar-refractivity contribution < 1.29 is 19.2 Å². The van der Waals surface area contributed by atoms with Gasteiger partial charge >= 0.3 is 5.97 Å². The number of rotatable bonds is 16. The van der Waals surface area contributed by atoms with Crippen LogP contribution < -0.4 is 4.74 Å². The van der Waals surface area contributed by atoms with Gasteiger partial charge in [-0.2, -0.15) is 0 Å². The maximum Gasteiger partial charge on any atom is 0.309 e. The summed E-state index contributed by atoms with van der Waals surface area (Å²) in [7, 11) is 0. The Morgan fingerprint density at radius 3 is 2.29 bits per heavy atom. The van der Waals surface area contributed by atoms with Crippen LogP contribution in [-0.2, 0) is 16.1 Å². The van der Waals surface area contributed by atoms with Crippen LogP contribution in [0.1, 0.15) is 104 Å². The van der Waals surface area contributed by atoms with Gasteiger partial charge in [-0.25, -0.2) is 0 Å². The van der Waals surface area contributed by atoms with Crippen LogP contribution in [0.3, 0.4) is 0 Å². The molecule has 0 fully saturated rings. The maximum atomic E-state index is 12.8. The van der Waals surface area contributed by atoms with Crippen LogP contribution in [0.5, 0.6) is 5.75 Å². The molecule has 0 aromatic heterocycles. The summed E-state index contributed by atoms with van der Waals surface area (Å²) in [6.07, 6.45) is 10.2. The Hall–Kier alpha value is -2.11. The first-order valence-corrected chi connectivity index (χ1v) is 11.9. The number of nitro groups is 1. The van der Waals surface area contributed by atoms with Crippen molar-refractivity contribution >= 4 is 11.7 Å². The molecule has 31 heavy (non-hydrogen) atoms. The highest BCUT2D eigenvalue weighted by molar-refractivity contribution is 5.72. The Morgan fingerprint density at radius 1 is 1.03 bits per heavy atom. The minimum Gasteiger partial charge on any atom is -0.488 e. The van der Waals surface area contributed by atoms with E-state index in [-0.39, 0.29) is 29.8 Å². The van der Waals surface area contributed by atoms with Crippen LogP contribution >= 0.6 is 0 Å². The lowest BCUT2D eigenvalue weighted by molar-refractivity contribution is -0.385. The lowest BCUT2D eigenvalue weighted by Crippen LogP contribution is -2.26. The average molecular weight is 436 g/mol.